The third-order valence-electron chi connectivity index (χ3n) is 2.55. The Labute approximate surface area is 91.3 Å². The molecule has 1 aromatic rings. The molecular weight excluding hydrogens is 216 g/mol. The molecule has 76 valence electrons. The Balaban J connectivity index is 2.21. The number of thioether (sulfide) groups is 1. The fourth-order valence-electron chi connectivity index (χ4n) is 1.82. The van der Waals surface area contributed by atoms with E-state index in [0.717, 1.165) is 18.4 Å². The molecule has 0 aliphatic carbocycles. The van der Waals surface area contributed by atoms with Crippen molar-refractivity contribution in [2.45, 2.75) is 18.8 Å². The average Bonchev–Trinajstić information content (AvgIpc) is 2.67. The Bertz CT molecular complexity index is 327. The Morgan fingerprint density at radius 2 is 2.14 bits per heavy atom. The third kappa shape index (κ3) is 1.96. The molecule has 1 saturated heterocycles. The lowest BCUT2D eigenvalue weighted by Crippen LogP contribution is -2.10. The molecule has 1 aliphatic heterocycles. The lowest BCUT2D eigenvalue weighted by Gasteiger charge is -2.21. The van der Waals surface area contributed by atoms with Gasteiger partial charge in [0, 0.05) is 0 Å². The van der Waals surface area contributed by atoms with Crippen LogP contribution < -0.4 is 0 Å². The minimum Gasteiger partial charge on any atom is -0.477 e. The van der Waals surface area contributed by atoms with E-state index in [0.29, 0.717) is 10.8 Å². The number of thiophene rings is 1. The van der Waals surface area contributed by atoms with E-state index in [4.69, 9.17) is 5.11 Å². The topological polar surface area (TPSA) is 37.3 Å². The number of carboxylic acids is 1. The van der Waals surface area contributed by atoms with Gasteiger partial charge in [-0.05, 0) is 47.3 Å². The van der Waals surface area contributed by atoms with Gasteiger partial charge >= 0.3 is 5.97 Å². The van der Waals surface area contributed by atoms with Gasteiger partial charge < -0.3 is 5.11 Å². The number of hydrogen-bond acceptors (Lipinski definition) is 3. The zero-order valence-corrected chi connectivity index (χ0v) is 9.37. The van der Waals surface area contributed by atoms with Gasteiger partial charge in [-0.3, -0.25) is 0 Å². The fraction of sp³-hybridized carbons (Fsp3) is 0.500. The van der Waals surface area contributed by atoms with Crippen molar-refractivity contribution in [3.8, 4) is 0 Å². The highest BCUT2D eigenvalue weighted by Gasteiger charge is 2.22. The molecule has 2 rings (SSSR count). The van der Waals surface area contributed by atoms with Gasteiger partial charge in [0.15, 0.2) is 0 Å². The smallest absolute Gasteiger partial charge is 0.346 e. The van der Waals surface area contributed by atoms with Gasteiger partial charge in [-0.15, -0.1) is 11.3 Å². The van der Waals surface area contributed by atoms with Gasteiger partial charge in [0.25, 0.3) is 0 Å². The van der Waals surface area contributed by atoms with Crippen molar-refractivity contribution in [2.24, 2.45) is 0 Å². The summed E-state index contributed by atoms with van der Waals surface area (Å²) in [6.45, 7) is 0. The van der Waals surface area contributed by atoms with Gasteiger partial charge in [-0.2, -0.15) is 11.8 Å². The fourth-order valence-corrected chi connectivity index (χ4v) is 3.75. The molecule has 1 N–H and O–H groups in total. The van der Waals surface area contributed by atoms with Crippen LogP contribution in [0.3, 0.4) is 0 Å². The molecule has 0 saturated carbocycles. The second-order valence-electron chi connectivity index (χ2n) is 3.40. The molecular formula is C10H12O2S2. The van der Waals surface area contributed by atoms with Crippen molar-refractivity contribution >= 4 is 29.1 Å². The molecule has 14 heavy (non-hydrogen) atoms. The Morgan fingerprint density at radius 1 is 1.43 bits per heavy atom. The predicted molar refractivity (Wildman–Crippen MR) is 60.6 cm³/mol. The van der Waals surface area contributed by atoms with Crippen LogP contribution in [0, 0.1) is 0 Å². The van der Waals surface area contributed by atoms with E-state index in [9.17, 15) is 4.79 Å². The molecule has 2 nitrogen and oxygen atoms in total. The Hall–Kier alpha value is -0.480. The first kappa shape index (κ1) is 10.1. The summed E-state index contributed by atoms with van der Waals surface area (Å²) in [4.78, 5) is 11.5. The van der Waals surface area contributed by atoms with E-state index in [2.05, 4.69) is 0 Å². The van der Waals surface area contributed by atoms with E-state index >= 15 is 0 Å². The predicted octanol–water partition coefficient (Wildman–Crippen LogP) is 3.06. The zero-order chi connectivity index (χ0) is 9.97. The minimum absolute atomic E-state index is 0.480. The molecule has 0 aromatic carbocycles. The second kappa shape index (κ2) is 4.36. The van der Waals surface area contributed by atoms with E-state index < -0.39 is 5.97 Å². The Morgan fingerprint density at radius 3 is 2.79 bits per heavy atom. The molecule has 1 fully saturated rings. The lowest BCUT2D eigenvalue weighted by atomic mass is 9.94. The third-order valence-corrected chi connectivity index (χ3v) is 4.52. The van der Waals surface area contributed by atoms with E-state index in [1.165, 1.54) is 22.8 Å². The van der Waals surface area contributed by atoms with Crippen LogP contribution in [-0.4, -0.2) is 22.6 Å². The first-order valence-electron chi connectivity index (χ1n) is 4.67. The molecule has 1 aliphatic rings. The Kier molecular flexibility index (Phi) is 3.13. The first-order chi connectivity index (χ1) is 6.79. The van der Waals surface area contributed by atoms with Gasteiger partial charge in [0.2, 0.25) is 0 Å². The number of aromatic carboxylic acids is 1. The monoisotopic (exact) mass is 228 g/mol. The van der Waals surface area contributed by atoms with E-state index in [-0.39, 0.29) is 0 Å². The van der Waals surface area contributed by atoms with Crippen LogP contribution >= 0.6 is 23.1 Å². The minimum atomic E-state index is -0.770. The van der Waals surface area contributed by atoms with Gasteiger partial charge in [0.1, 0.15) is 4.88 Å². The molecule has 0 amide bonds. The summed E-state index contributed by atoms with van der Waals surface area (Å²) >= 11 is 3.31. The maximum atomic E-state index is 10.9. The number of rotatable bonds is 2. The highest BCUT2D eigenvalue weighted by Crippen LogP contribution is 2.35. The van der Waals surface area contributed by atoms with E-state index in [1.54, 1.807) is 0 Å². The number of carboxylic acid groups (broad SMARTS) is 1. The van der Waals surface area contributed by atoms with Crippen molar-refractivity contribution in [1.29, 1.82) is 0 Å². The zero-order valence-electron chi connectivity index (χ0n) is 7.73. The lowest BCUT2D eigenvalue weighted by molar-refractivity contribution is 0.0700. The molecule has 2 heterocycles. The van der Waals surface area contributed by atoms with Crippen LogP contribution in [-0.2, 0) is 0 Å². The van der Waals surface area contributed by atoms with Crippen molar-refractivity contribution < 1.29 is 9.90 Å². The summed E-state index contributed by atoms with van der Waals surface area (Å²) in [6.07, 6.45) is 2.25. The maximum absolute atomic E-state index is 10.9. The summed E-state index contributed by atoms with van der Waals surface area (Å²) in [5, 5.41) is 10.9. The largest absolute Gasteiger partial charge is 0.477 e. The van der Waals surface area contributed by atoms with Crippen molar-refractivity contribution in [3.05, 3.63) is 21.9 Å². The first-order valence-corrected chi connectivity index (χ1v) is 6.71. The second-order valence-corrected chi connectivity index (χ2v) is 5.54. The summed E-state index contributed by atoms with van der Waals surface area (Å²) in [6, 6.07) is 1.98. The highest BCUT2D eigenvalue weighted by molar-refractivity contribution is 7.99. The molecule has 0 spiro atoms. The number of hydrogen-bond donors (Lipinski definition) is 1. The van der Waals surface area contributed by atoms with Crippen LogP contribution in [0.15, 0.2) is 11.4 Å². The normalized spacial score (nSPS) is 18.3. The van der Waals surface area contributed by atoms with Crippen LogP contribution in [0.5, 0.6) is 0 Å². The molecule has 4 heteroatoms. The van der Waals surface area contributed by atoms with Crippen molar-refractivity contribution in [1.82, 2.24) is 0 Å². The van der Waals surface area contributed by atoms with Crippen LogP contribution in [0.25, 0.3) is 0 Å². The SMILES string of the molecule is O=C(O)c1sccc1C1CCSCC1. The van der Waals surface area contributed by atoms with E-state index in [1.807, 2.05) is 23.2 Å². The van der Waals surface area contributed by atoms with Gasteiger partial charge in [0.05, 0.1) is 0 Å². The van der Waals surface area contributed by atoms with Gasteiger partial charge in [-0.25, -0.2) is 4.79 Å². The standard InChI is InChI=1S/C10H12O2S2/c11-10(12)9-8(3-6-14-9)7-1-4-13-5-2-7/h3,6-7H,1-2,4-5H2,(H,11,12). The van der Waals surface area contributed by atoms with Gasteiger partial charge in [-0.1, -0.05) is 0 Å². The maximum Gasteiger partial charge on any atom is 0.346 e. The van der Waals surface area contributed by atoms with Crippen LogP contribution in [0.2, 0.25) is 0 Å². The van der Waals surface area contributed by atoms with Crippen LogP contribution in [0.4, 0.5) is 0 Å². The molecule has 1 aromatic heterocycles. The average molecular weight is 228 g/mol. The highest BCUT2D eigenvalue weighted by atomic mass is 32.2. The summed E-state index contributed by atoms with van der Waals surface area (Å²) in [7, 11) is 0. The molecule has 0 atom stereocenters. The summed E-state index contributed by atoms with van der Waals surface area (Å²) in [5.41, 5.74) is 1.06. The summed E-state index contributed by atoms with van der Waals surface area (Å²) in [5.74, 6) is 2.04. The van der Waals surface area contributed by atoms with Crippen molar-refractivity contribution in [3.63, 3.8) is 0 Å². The quantitative estimate of drug-likeness (QED) is 0.845. The molecule has 0 bridgehead atoms. The summed E-state index contributed by atoms with van der Waals surface area (Å²) < 4.78 is 0. The number of carbonyl (C=O) groups is 1. The van der Waals surface area contributed by atoms with Crippen LogP contribution in [0.1, 0.15) is 34.0 Å². The molecule has 0 radical (unpaired) electrons. The van der Waals surface area contributed by atoms with Crippen molar-refractivity contribution in [2.75, 3.05) is 11.5 Å². The molecule has 0 unspecified atom stereocenters.